The third kappa shape index (κ3) is 6.51. The molecular weight excluding hydrogens is 464 g/mol. The number of nitrogen functional groups attached to an aromatic ring is 1. The van der Waals surface area contributed by atoms with Crippen LogP contribution in [0.3, 0.4) is 0 Å². The molecule has 4 aromatic rings. The van der Waals surface area contributed by atoms with Crippen LogP contribution in [0.4, 0.5) is 11.6 Å². The average molecular weight is 491 g/mol. The minimum atomic E-state index is -0.218. The van der Waals surface area contributed by atoms with Crippen molar-refractivity contribution in [1.29, 1.82) is 0 Å². The molecule has 9 heteroatoms. The lowest BCUT2D eigenvalue weighted by Crippen LogP contribution is -2.34. The summed E-state index contributed by atoms with van der Waals surface area (Å²) in [5.41, 5.74) is 8.35. The number of ether oxygens (including phenoxy) is 1. The van der Waals surface area contributed by atoms with Gasteiger partial charge in [-0.1, -0.05) is 48.0 Å². The molecule has 2 aromatic heterocycles. The van der Waals surface area contributed by atoms with Gasteiger partial charge in [0.15, 0.2) is 5.82 Å². The molecule has 2 aromatic carbocycles. The molecule has 0 atom stereocenters. The van der Waals surface area contributed by atoms with Crippen LogP contribution in [0.25, 0.3) is 0 Å². The lowest BCUT2D eigenvalue weighted by molar-refractivity contribution is 0.0717. The van der Waals surface area contributed by atoms with Gasteiger partial charge in [-0.2, -0.15) is 5.10 Å². The molecule has 0 spiro atoms. The van der Waals surface area contributed by atoms with Crippen LogP contribution in [0.1, 0.15) is 21.5 Å². The number of carbonyl (C=O) groups excluding carboxylic acids is 1. The topological polar surface area (TPSA) is 100 Å². The van der Waals surface area contributed by atoms with E-state index in [1.165, 1.54) is 6.20 Å². The van der Waals surface area contributed by atoms with Gasteiger partial charge in [-0.05, 0) is 41.5 Å². The second-order valence-electron chi connectivity index (χ2n) is 8.08. The fourth-order valence-corrected chi connectivity index (χ4v) is 3.81. The highest BCUT2D eigenvalue weighted by atomic mass is 35.5. The first kappa shape index (κ1) is 24.1. The zero-order valence-electron chi connectivity index (χ0n) is 19.4. The Kier molecular flexibility index (Phi) is 7.84. The summed E-state index contributed by atoms with van der Waals surface area (Å²) >= 11 is 6.03. The zero-order chi connectivity index (χ0) is 24.6. The highest BCUT2D eigenvalue weighted by molar-refractivity contribution is 6.30. The van der Waals surface area contributed by atoms with Crippen molar-refractivity contribution in [3.8, 4) is 5.75 Å². The fraction of sp³-hybridized carbons (Fsp3) is 0.192. The Hall–Kier alpha value is -4.04. The number of carbonyl (C=O) groups is 1. The number of hydrogen-bond donors (Lipinski definition) is 2. The number of nitrogens with one attached hydrogen (secondary N) is 1. The summed E-state index contributed by atoms with van der Waals surface area (Å²) in [6.07, 6.45) is 3.29. The summed E-state index contributed by atoms with van der Waals surface area (Å²) in [6, 6.07) is 21.2. The molecule has 180 valence electrons. The molecule has 0 aliphatic heterocycles. The van der Waals surface area contributed by atoms with Crippen LogP contribution in [0.5, 0.6) is 5.75 Å². The first-order valence-electron chi connectivity index (χ1n) is 11.2. The van der Waals surface area contributed by atoms with Crippen LogP contribution >= 0.6 is 11.6 Å². The third-order valence-electron chi connectivity index (χ3n) is 5.47. The number of amides is 1. The highest BCUT2D eigenvalue weighted by Crippen LogP contribution is 2.19. The van der Waals surface area contributed by atoms with E-state index in [0.717, 1.165) is 23.5 Å². The SMILES string of the molecule is CN(Cc1ccc(CN(CCOc2cccc(Cl)c2)C(=O)c2c[nH]nc2N)cc1)c1ccccn1. The molecule has 35 heavy (non-hydrogen) atoms. The summed E-state index contributed by atoms with van der Waals surface area (Å²) < 4.78 is 5.81. The van der Waals surface area contributed by atoms with Crippen molar-refractivity contribution in [2.75, 3.05) is 30.8 Å². The van der Waals surface area contributed by atoms with Crippen molar-refractivity contribution in [3.63, 3.8) is 0 Å². The van der Waals surface area contributed by atoms with Crippen LogP contribution in [-0.4, -0.2) is 46.2 Å². The Morgan fingerprint density at radius 1 is 1.06 bits per heavy atom. The van der Waals surface area contributed by atoms with E-state index >= 15 is 0 Å². The van der Waals surface area contributed by atoms with Gasteiger partial charge in [0.1, 0.15) is 23.7 Å². The molecule has 4 rings (SSSR count). The molecule has 0 aliphatic carbocycles. The van der Waals surface area contributed by atoms with E-state index in [1.54, 1.807) is 23.2 Å². The highest BCUT2D eigenvalue weighted by Gasteiger charge is 2.20. The van der Waals surface area contributed by atoms with Crippen LogP contribution < -0.4 is 15.4 Å². The second-order valence-corrected chi connectivity index (χ2v) is 8.51. The van der Waals surface area contributed by atoms with E-state index in [9.17, 15) is 4.79 Å². The maximum Gasteiger partial charge on any atom is 0.259 e. The maximum atomic E-state index is 13.2. The normalized spacial score (nSPS) is 10.7. The quantitative estimate of drug-likeness (QED) is 0.342. The monoisotopic (exact) mass is 490 g/mol. The van der Waals surface area contributed by atoms with Crippen molar-refractivity contribution in [2.45, 2.75) is 13.1 Å². The van der Waals surface area contributed by atoms with Crippen LogP contribution in [0, 0.1) is 0 Å². The number of benzene rings is 2. The fourth-order valence-electron chi connectivity index (χ4n) is 3.63. The maximum absolute atomic E-state index is 13.2. The minimum absolute atomic E-state index is 0.170. The van der Waals surface area contributed by atoms with Gasteiger partial charge in [-0.3, -0.25) is 9.89 Å². The van der Waals surface area contributed by atoms with E-state index in [-0.39, 0.29) is 11.7 Å². The minimum Gasteiger partial charge on any atom is -0.492 e. The van der Waals surface area contributed by atoms with Gasteiger partial charge >= 0.3 is 0 Å². The van der Waals surface area contributed by atoms with Gasteiger partial charge in [0.2, 0.25) is 0 Å². The Labute approximate surface area is 209 Å². The Morgan fingerprint density at radius 3 is 2.49 bits per heavy atom. The lowest BCUT2D eigenvalue weighted by atomic mass is 10.1. The summed E-state index contributed by atoms with van der Waals surface area (Å²) in [5, 5.41) is 7.12. The van der Waals surface area contributed by atoms with Gasteiger partial charge in [-0.15, -0.1) is 0 Å². The molecule has 2 heterocycles. The van der Waals surface area contributed by atoms with E-state index in [1.807, 2.05) is 49.5 Å². The van der Waals surface area contributed by atoms with Crippen molar-refractivity contribution in [1.82, 2.24) is 20.1 Å². The number of rotatable bonds is 10. The molecule has 3 N–H and O–H groups in total. The average Bonchev–Trinajstić information content (AvgIpc) is 3.30. The largest absolute Gasteiger partial charge is 0.492 e. The molecule has 8 nitrogen and oxygen atoms in total. The molecule has 1 amide bonds. The van der Waals surface area contributed by atoms with Gasteiger partial charge in [0.05, 0.1) is 6.54 Å². The molecule has 0 unspecified atom stereocenters. The molecule has 0 radical (unpaired) electrons. The van der Waals surface area contributed by atoms with Crippen LogP contribution in [0.2, 0.25) is 5.02 Å². The summed E-state index contributed by atoms with van der Waals surface area (Å²) in [7, 11) is 2.01. The number of halogens is 1. The number of hydrogen-bond acceptors (Lipinski definition) is 6. The molecule has 0 aliphatic rings. The number of aromatic amines is 1. The second kappa shape index (κ2) is 11.4. The number of anilines is 2. The van der Waals surface area contributed by atoms with E-state index in [4.69, 9.17) is 22.1 Å². The van der Waals surface area contributed by atoms with Crippen LogP contribution in [-0.2, 0) is 13.1 Å². The summed E-state index contributed by atoms with van der Waals surface area (Å²) in [5.74, 6) is 1.51. The molecule has 0 fully saturated rings. The Bertz CT molecular complexity index is 1250. The predicted octanol–water partition coefficient (Wildman–Crippen LogP) is 4.40. The van der Waals surface area contributed by atoms with E-state index in [0.29, 0.717) is 36.0 Å². The first-order chi connectivity index (χ1) is 17.0. The summed E-state index contributed by atoms with van der Waals surface area (Å²) in [6.45, 7) is 1.79. The smallest absolute Gasteiger partial charge is 0.259 e. The Balaban J connectivity index is 1.42. The van der Waals surface area contributed by atoms with Crippen molar-refractivity contribution >= 4 is 29.1 Å². The molecule has 0 bridgehead atoms. The number of aromatic nitrogens is 3. The lowest BCUT2D eigenvalue weighted by Gasteiger charge is -2.23. The van der Waals surface area contributed by atoms with Crippen molar-refractivity contribution in [3.05, 3.63) is 101 Å². The predicted molar refractivity (Wildman–Crippen MR) is 137 cm³/mol. The van der Waals surface area contributed by atoms with Gasteiger partial charge < -0.3 is 20.3 Å². The van der Waals surface area contributed by atoms with Gasteiger partial charge in [0.25, 0.3) is 5.91 Å². The van der Waals surface area contributed by atoms with Crippen molar-refractivity contribution < 1.29 is 9.53 Å². The molecule has 0 saturated carbocycles. The van der Waals surface area contributed by atoms with Gasteiger partial charge in [-0.25, -0.2) is 4.98 Å². The summed E-state index contributed by atoms with van der Waals surface area (Å²) in [4.78, 5) is 21.4. The zero-order valence-corrected chi connectivity index (χ0v) is 20.2. The van der Waals surface area contributed by atoms with E-state index < -0.39 is 0 Å². The van der Waals surface area contributed by atoms with Crippen LogP contribution in [0.15, 0.2) is 79.1 Å². The standard InChI is InChI=1S/C26H27ClN6O2/c1-32(24-7-2-3-12-29-24)17-19-8-10-20(11-9-19)18-33(26(34)23-16-30-31-25(23)28)13-14-35-22-6-4-5-21(27)15-22/h2-12,15-16H,13-14,17-18H2,1H3,(H3,28,30,31). The first-order valence-corrected chi connectivity index (χ1v) is 11.5. The number of nitrogens with two attached hydrogens (primary N) is 1. The number of H-pyrrole nitrogens is 1. The molecular formula is C26H27ClN6O2. The Morgan fingerprint density at radius 2 is 1.83 bits per heavy atom. The molecule has 0 saturated heterocycles. The van der Waals surface area contributed by atoms with E-state index in [2.05, 4.69) is 32.2 Å². The number of pyridine rings is 1. The number of nitrogens with zero attached hydrogens (tertiary/aromatic N) is 4. The van der Waals surface area contributed by atoms with Crippen molar-refractivity contribution in [2.24, 2.45) is 0 Å². The third-order valence-corrected chi connectivity index (χ3v) is 5.71. The van der Waals surface area contributed by atoms with Gasteiger partial charge in [0, 0.05) is 37.6 Å².